The van der Waals surface area contributed by atoms with E-state index < -0.39 is 0 Å². The number of hydrogen-bond donors (Lipinski definition) is 0. The molecule has 0 atom stereocenters. The first-order valence-corrected chi connectivity index (χ1v) is 5.52. The largest absolute Gasteiger partial charge is 0.494 e. The maximum absolute atomic E-state index is 5.33. The Bertz CT molecular complexity index is 523. The molecule has 0 radical (unpaired) electrons. The second-order valence-corrected chi connectivity index (χ2v) is 4.45. The zero-order valence-corrected chi connectivity index (χ0v) is 10.6. The topological polar surface area (TPSA) is 22.1 Å². The highest BCUT2D eigenvalue weighted by atomic mass is 79.9. The van der Waals surface area contributed by atoms with Gasteiger partial charge < -0.3 is 4.74 Å². The first kappa shape index (κ1) is 10.4. The third kappa shape index (κ3) is 1.84. The van der Waals surface area contributed by atoms with Crippen molar-refractivity contribution in [2.24, 2.45) is 0 Å². The van der Waals surface area contributed by atoms with Crippen LogP contribution < -0.4 is 4.74 Å². The molecular weight excluding hydrogens is 254 g/mol. The van der Waals surface area contributed by atoms with Crippen molar-refractivity contribution in [2.75, 3.05) is 7.11 Å². The second kappa shape index (κ2) is 3.81. The highest BCUT2D eigenvalue weighted by molar-refractivity contribution is 9.10. The predicted octanol–water partition coefficient (Wildman–Crippen LogP) is 3.62. The SMILES string of the molecule is COc1cc(C)cc2cc(Br)c(C)nc12. The van der Waals surface area contributed by atoms with Gasteiger partial charge in [-0.3, -0.25) is 0 Å². The van der Waals surface area contributed by atoms with Crippen LogP contribution in [-0.4, -0.2) is 12.1 Å². The zero-order valence-electron chi connectivity index (χ0n) is 8.97. The van der Waals surface area contributed by atoms with Crippen molar-refractivity contribution in [3.05, 3.63) is 33.9 Å². The van der Waals surface area contributed by atoms with Crippen LogP contribution in [0.2, 0.25) is 0 Å². The van der Waals surface area contributed by atoms with Crippen molar-refractivity contribution in [1.29, 1.82) is 0 Å². The molecule has 0 spiro atoms. The smallest absolute Gasteiger partial charge is 0.145 e. The number of aryl methyl sites for hydroxylation is 2. The van der Waals surface area contributed by atoms with Crippen LogP contribution in [-0.2, 0) is 0 Å². The van der Waals surface area contributed by atoms with E-state index in [9.17, 15) is 0 Å². The van der Waals surface area contributed by atoms with Crippen LogP contribution in [0.1, 0.15) is 11.3 Å². The van der Waals surface area contributed by atoms with Gasteiger partial charge in [-0.2, -0.15) is 0 Å². The van der Waals surface area contributed by atoms with E-state index in [0.29, 0.717) is 0 Å². The van der Waals surface area contributed by atoms with Gasteiger partial charge in [0, 0.05) is 9.86 Å². The lowest BCUT2D eigenvalue weighted by Crippen LogP contribution is -1.91. The lowest BCUT2D eigenvalue weighted by molar-refractivity contribution is 0.418. The van der Waals surface area contributed by atoms with Crippen LogP contribution in [0.3, 0.4) is 0 Å². The molecule has 0 aliphatic carbocycles. The molecule has 1 heterocycles. The number of halogens is 1. The molecule has 78 valence electrons. The van der Waals surface area contributed by atoms with Crippen LogP contribution >= 0.6 is 15.9 Å². The predicted molar refractivity (Wildman–Crippen MR) is 65.5 cm³/mol. The minimum atomic E-state index is 0.834. The standard InChI is InChI=1S/C12H12BrNO/c1-7-4-9-6-10(13)8(2)14-12(9)11(5-7)15-3/h4-6H,1-3H3. The molecular formula is C12H12BrNO. The Morgan fingerprint density at radius 2 is 1.93 bits per heavy atom. The molecule has 0 N–H and O–H groups in total. The van der Waals surface area contributed by atoms with E-state index in [1.54, 1.807) is 7.11 Å². The van der Waals surface area contributed by atoms with Gasteiger partial charge in [0.15, 0.2) is 0 Å². The van der Waals surface area contributed by atoms with E-state index >= 15 is 0 Å². The summed E-state index contributed by atoms with van der Waals surface area (Å²) in [7, 11) is 1.67. The Hall–Kier alpha value is -1.09. The summed E-state index contributed by atoms with van der Waals surface area (Å²) in [5.41, 5.74) is 3.07. The number of pyridine rings is 1. The zero-order chi connectivity index (χ0) is 11.0. The van der Waals surface area contributed by atoms with Crippen LogP contribution in [0.5, 0.6) is 5.75 Å². The number of nitrogens with zero attached hydrogens (tertiary/aromatic N) is 1. The number of methoxy groups -OCH3 is 1. The minimum absolute atomic E-state index is 0.834. The van der Waals surface area contributed by atoms with Crippen molar-refractivity contribution < 1.29 is 4.74 Å². The summed E-state index contributed by atoms with van der Waals surface area (Å²) in [6.45, 7) is 4.03. The molecule has 0 unspecified atom stereocenters. The van der Waals surface area contributed by atoms with E-state index in [0.717, 1.165) is 26.8 Å². The number of rotatable bonds is 1. The fraction of sp³-hybridized carbons (Fsp3) is 0.250. The lowest BCUT2D eigenvalue weighted by Gasteiger charge is -2.08. The first-order chi connectivity index (χ1) is 7.11. The van der Waals surface area contributed by atoms with Gasteiger partial charge in [0.05, 0.1) is 12.8 Å². The van der Waals surface area contributed by atoms with Gasteiger partial charge in [-0.05, 0) is 53.5 Å². The quantitative estimate of drug-likeness (QED) is 0.786. The minimum Gasteiger partial charge on any atom is -0.494 e. The normalized spacial score (nSPS) is 10.7. The summed E-state index contributed by atoms with van der Waals surface area (Å²) < 4.78 is 6.36. The van der Waals surface area contributed by atoms with E-state index in [1.807, 2.05) is 13.0 Å². The molecule has 1 aromatic carbocycles. The summed E-state index contributed by atoms with van der Waals surface area (Å²) in [4.78, 5) is 4.52. The Labute approximate surface area is 97.4 Å². The van der Waals surface area contributed by atoms with Crippen molar-refractivity contribution in [3.63, 3.8) is 0 Å². The molecule has 0 bridgehead atoms. The van der Waals surface area contributed by atoms with Crippen LogP contribution in [0.25, 0.3) is 10.9 Å². The Morgan fingerprint density at radius 3 is 2.60 bits per heavy atom. The Morgan fingerprint density at radius 1 is 1.20 bits per heavy atom. The number of aromatic nitrogens is 1. The number of benzene rings is 1. The van der Waals surface area contributed by atoms with E-state index in [4.69, 9.17) is 4.74 Å². The highest BCUT2D eigenvalue weighted by Crippen LogP contribution is 2.29. The van der Waals surface area contributed by atoms with Crippen LogP contribution in [0, 0.1) is 13.8 Å². The fourth-order valence-electron chi connectivity index (χ4n) is 1.62. The van der Waals surface area contributed by atoms with Gasteiger partial charge in [-0.15, -0.1) is 0 Å². The fourth-order valence-corrected chi connectivity index (χ4v) is 1.96. The molecule has 1 aromatic heterocycles. The van der Waals surface area contributed by atoms with Gasteiger partial charge in [0.25, 0.3) is 0 Å². The van der Waals surface area contributed by atoms with E-state index in [2.05, 4.69) is 40.0 Å². The molecule has 0 saturated heterocycles. The average Bonchev–Trinajstić information content (AvgIpc) is 2.19. The summed E-state index contributed by atoms with van der Waals surface area (Å²) in [6, 6.07) is 6.19. The lowest BCUT2D eigenvalue weighted by atomic mass is 10.1. The molecule has 2 nitrogen and oxygen atoms in total. The van der Waals surface area contributed by atoms with E-state index in [-0.39, 0.29) is 0 Å². The van der Waals surface area contributed by atoms with Crippen molar-refractivity contribution in [3.8, 4) is 5.75 Å². The number of hydrogen-bond acceptors (Lipinski definition) is 2. The monoisotopic (exact) mass is 265 g/mol. The van der Waals surface area contributed by atoms with Crippen molar-refractivity contribution in [2.45, 2.75) is 13.8 Å². The molecule has 0 aliphatic heterocycles. The molecule has 2 aromatic rings. The van der Waals surface area contributed by atoms with Crippen molar-refractivity contribution >= 4 is 26.8 Å². The summed E-state index contributed by atoms with van der Waals surface area (Å²) >= 11 is 3.48. The van der Waals surface area contributed by atoms with E-state index in [1.165, 1.54) is 5.56 Å². The third-order valence-electron chi connectivity index (χ3n) is 2.38. The Balaban J connectivity index is 2.84. The third-order valence-corrected chi connectivity index (χ3v) is 3.18. The molecule has 0 fully saturated rings. The average molecular weight is 266 g/mol. The maximum atomic E-state index is 5.33. The van der Waals surface area contributed by atoms with Gasteiger partial charge in [-0.25, -0.2) is 4.98 Å². The molecule has 0 saturated carbocycles. The Kier molecular flexibility index (Phi) is 2.65. The van der Waals surface area contributed by atoms with Crippen LogP contribution in [0.4, 0.5) is 0 Å². The molecule has 0 aliphatic rings. The molecule has 2 rings (SSSR count). The van der Waals surface area contributed by atoms with Gasteiger partial charge in [0.2, 0.25) is 0 Å². The van der Waals surface area contributed by atoms with Gasteiger partial charge in [0.1, 0.15) is 11.3 Å². The summed E-state index contributed by atoms with van der Waals surface area (Å²) in [5, 5.41) is 1.10. The first-order valence-electron chi connectivity index (χ1n) is 4.73. The number of ether oxygens (including phenoxy) is 1. The van der Waals surface area contributed by atoms with Gasteiger partial charge >= 0.3 is 0 Å². The van der Waals surface area contributed by atoms with Crippen LogP contribution in [0.15, 0.2) is 22.7 Å². The maximum Gasteiger partial charge on any atom is 0.145 e. The van der Waals surface area contributed by atoms with Crippen molar-refractivity contribution in [1.82, 2.24) is 4.98 Å². The molecule has 15 heavy (non-hydrogen) atoms. The molecule has 0 amide bonds. The second-order valence-electron chi connectivity index (χ2n) is 3.59. The highest BCUT2D eigenvalue weighted by Gasteiger charge is 2.06. The summed E-state index contributed by atoms with van der Waals surface area (Å²) in [6.07, 6.45) is 0. The molecule has 3 heteroatoms. The number of fused-ring (bicyclic) bond motifs is 1. The van der Waals surface area contributed by atoms with Gasteiger partial charge in [-0.1, -0.05) is 0 Å². The summed E-state index contributed by atoms with van der Waals surface area (Å²) in [5.74, 6) is 0.834.